The summed E-state index contributed by atoms with van der Waals surface area (Å²) in [7, 11) is 0. The maximum atomic E-state index is 14.7. The van der Waals surface area contributed by atoms with Crippen LogP contribution in [0.4, 0.5) is 19.4 Å². The first kappa shape index (κ1) is 28.0. The second-order valence-electron chi connectivity index (χ2n) is 11.8. The van der Waals surface area contributed by atoms with Crippen LogP contribution in [0.3, 0.4) is 0 Å². The third-order valence-electron chi connectivity index (χ3n) is 7.46. The van der Waals surface area contributed by atoms with Gasteiger partial charge in [-0.3, -0.25) is 4.98 Å². The molecule has 220 valence electrons. The number of rotatable bonds is 5. The van der Waals surface area contributed by atoms with E-state index in [1.54, 1.807) is 29.4 Å². The zero-order chi connectivity index (χ0) is 29.4. The lowest BCUT2D eigenvalue weighted by molar-refractivity contribution is -0.0365. The Morgan fingerprint density at radius 3 is 2.64 bits per heavy atom. The molecule has 2 saturated heterocycles. The highest BCUT2D eigenvalue weighted by atomic mass is 19.1. The smallest absolute Gasteiger partial charge is 0.410 e. The van der Waals surface area contributed by atoms with Gasteiger partial charge in [0.05, 0.1) is 23.5 Å². The van der Waals surface area contributed by atoms with E-state index in [0.29, 0.717) is 47.9 Å². The maximum absolute atomic E-state index is 14.7. The fourth-order valence-electron chi connectivity index (χ4n) is 5.52. The number of benzene rings is 2. The van der Waals surface area contributed by atoms with E-state index in [-0.39, 0.29) is 23.9 Å². The first-order valence-corrected chi connectivity index (χ1v) is 14.3. The molecule has 2 aliphatic rings. The minimum Gasteiger partial charge on any atom is -0.444 e. The minimum atomic E-state index is -0.637. The average Bonchev–Trinajstić information content (AvgIpc) is 3.58. The van der Waals surface area contributed by atoms with Crippen LogP contribution in [0.15, 0.2) is 48.8 Å². The highest BCUT2D eigenvalue weighted by molar-refractivity contribution is 5.95. The molecule has 2 fully saturated rings. The minimum absolute atomic E-state index is 0.0253. The number of nitrogens with one attached hydrogen (secondary N) is 1. The van der Waals surface area contributed by atoms with E-state index in [9.17, 15) is 13.6 Å². The van der Waals surface area contributed by atoms with Gasteiger partial charge in [-0.1, -0.05) is 12.1 Å². The molecule has 4 heterocycles. The predicted octanol–water partition coefficient (Wildman–Crippen LogP) is 6.56. The van der Waals surface area contributed by atoms with E-state index in [4.69, 9.17) is 19.6 Å². The molecule has 1 N–H and O–H groups in total. The Morgan fingerprint density at radius 2 is 1.90 bits per heavy atom. The van der Waals surface area contributed by atoms with E-state index in [1.807, 2.05) is 31.5 Å². The monoisotopic (exact) mass is 576 g/mol. The number of fused-ring (bicyclic) bond motifs is 1. The van der Waals surface area contributed by atoms with Crippen molar-refractivity contribution in [3.05, 3.63) is 60.4 Å². The van der Waals surface area contributed by atoms with Crippen molar-refractivity contribution < 1.29 is 23.0 Å². The van der Waals surface area contributed by atoms with E-state index in [2.05, 4.69) is 10.3 Å². The Balaban J connectivity index is 1.33. The molecule has 2 aliphatic heterocycles. The Bertz CT molecular complexity index is 1590. The van der Waals surface area contributed by atoms with Gasteiger partial charge in [0.2, 0.25) is 0 Å². The lowest BCUT2D eigenvalue weighted by atomic mass is 10.0. The molecule has 6 rings (SSSR count). The van der Waals surface area contributed by atoms with Crippen LogP contribution in [0.25, 0.3) is 33.4 Å². The van der Waals surface area contributed by atoms with Crippen LogP contribution in [-0.2, 0) is 9.47 Å². The van der Waals surface area contributed by atoms with E-state index >= 15 is 0 Å². The van der Waals surface area contributed by atoms with Gasteiger partial charge in [-0.15, -0.1) is 0 Å². The molecule has 0 bridgehead atoms. The van der Waals surface area contributed by atoms with Crippen LogP contribution in [0.5, 0.6) is 0 Å². The summed E-state index contributed by atoms with van der Waals surface area (Å²) in [6.45, 7) is 7.23. The first-order chi connectivity index (χ1) is 20.2. The van der Waals surface area contributed by atoms with Gasteiger partial charge >= 0.3 is 6.09 Å². The maximum Gasteiger partial charge on any atom is 0.410 e. The molecule has 2 aromatic carbocycles. The summed E-state index contributed by atoms with van der Waals surface area (Å²) in [4.78, 5) is 23.4. The molecule has 2 atom stereocenters. The molecule has 0 aliphatic carbocycles. The fourth-order valence-corrected chi connectivity index (χ4v) is 5.52. The normalized spacial score (nSPS) is 19.3. The SMILES string of the molecule is CC(C)(C)OC(=O)N1CCC(Nc2cncc(-c3nn(C4CCCCO4)c4ccc(-c5c(F)cccc5F)cc34)n2)C1. The van der Waals surface area contributed by atoms with Crippen molar-refractivity contribution in [3.8, 4) is 22.5 Å². The number of likely N-dealkylation sites (tertiary alicyclic amines) is 1. The van der Waals surface area contributed by atoms with Gasteiger partial charge in [-0.05, 0) is 76.3 Å². The van der Waals surface area contributed by atoms with Crippen LogP contribution >= 0.6 is 0 Å². The summed E-state index contributed by atoms with van der Waals surface area (Å²) in [6.07, 6.45) is 6.21. The second kappa shape index (κ2) is 11.3. The van der Waals surface area contributed by atoms with Crippen molar-refractivity contribution in [1.29, 1.82) is 0 Å². The van der Waals surface area contributed by atoms with Crippen molar-refractivity contribution in [1.82, 2.24) is 24.6 Å². The lowest BCUT2D eigenvalue weighted by Gasteiger charge is -2.24. The highest BCUT2D eigenvalue weighted by Gasteiger charge is 2.30. The summed E-state index contributed by atoms with van der Waals surface area (Å²) in [5, 5.41) is 8.98. The summed E-state index contributed by atoms with van der Waals surface area (Å²) in [5.74, 6) is -0.736. The highest BCUT2D eigenvalue weighted by Crippen LogP contribution is 2.36. The molecular formula is C31H34F2N6O3. The van der Waals surface area contributed by atoms with Gasteiger partial charge in [-0.25, -0.2) is 23.2 Å². The number of carbonyl (C=O) groups is 1. The van der Waals surface area contributed by atoms with Gasteiger partial charge in [0.25, 0.3) is 0 Å². The number of halogens is 2. The quantitative estimate of drug-likeness (QED) is 0.288. The largest absolute Gasteiger partial charge is 0.444 e. The van der Waals surface area contributed by atoms with Crippen molar-refractivity contribution in [3.63, 3.8) is 0 Å². The summed E-state index contributed by atoms with van der Waals surface area (Å²) < 4.78 is 42.8. The molecule has 4 aromatic rings. The number of nitrogens with zero attached hydrogens (tertiary/aromatic N) is 5. The van der Waals surface area contributed by atoms with Crippen LogP contribution in [0.2, 0.25) is 0 Å². The molecule has 42 heavy (non-hydrogen) atoms. The van der Waals surface area contributed by atoms with Crippen LogP contribution in [0.1, 0.15) is 52.7 Å². The molecule has 9 nitrogen and oxygen atoms in total. The molecule has 0 radical (unpaired) electrons. The molecule has 2 unspecified atom stereocenters. The second-order valence-corrected chi connectivity index (χ2v) is 11.8. The number of anilines is 1. The van der Waals surface area contributed by atoms with Gasteiger partial charge in [0, 0.05) is 31.1 Å². The van der Waals surface area contributed by atoms with Gasteiger partial charge in [0.1, 0.15) is 34.4 Å². The van der Waals surface area contributed by atoms with Gasteiger partial charge in [0.15, 0.2) is 6.23 Å². The van der Waals surface area contributed by atoms with E-state index in [1.165, 1.54) is 18.2 Å². The fraction of sp³-hybridized carbons (Fsp3) is 0.419. The Hall–Kier alpha value is -4.12. The lowest BCUT2D eigenvalue weighted by Crippen LogP contribution is -2.36. The number of amides is 1. The van der Waals surface area contributed by atoms with E-state index in [0.717, 1.165) is 31.2 Å². The molecule has 11 heteroatoms. The third kappa shape index (κ3) is 5.78. The van der Waals surface area contributed by atoms with Gasteiger partial charge < -0.3 is 19.7 Å². The Kier molecular flexibility index (Phi) is 7.53. The molecule has 1 amide bonds. The van der Waals surface area contributed by atoms with Crippen molar-refractivity contribution in [2.75, 3.05) is 25.0 Å². The predicted molar refractivity (Wildman–Crippen MR) is 155 cm³/mol. The summed E-state index contributed by atoms with van der Waals surface area (Å²) >= 11 is 0. The summed E-state index contributed by atoms with van der Waals surface area (Å²) in [6, 6.07) is 9.09. The van der Waals surface area contributed by atoms with E-state index < -0.39 is 17.2 Å². The molecule has 2 aromatic heterocycles. The van der Waals surface area contributed by atoms with Crippen molar-refractivity contribution in [2.45, 2.75) is 64.3 Å². The zero-order valence-corrected chi connectivity index (χ0v) is 23.9. The number of ether oxygens (including phenoxy) is 2. The third-order valence-corrected chi connectivity index (χ3v) is 7.46. The van der Waals surface area contributed by atoms with Gasteiger partial charge in [-0.2, -0.15) is 5.10 Å². The van der Waals surface area contributed by atoms with Crippen molar-refractivity contribution in [2.24, 2.45) is 0 Å². The number of hydrogen-bond donors (Lipinski definition) is 1. The molecular weight excluding hydrogens is 542 g/mol. The molecule has 0 spiro atoms. The Morgan fingerprint density at radius 1 is 1.10 bits per heavy atom. The number of hydrogen-bond acceptors (Lipinski definition) is 7. The Labute approximate surface area is 242 Å². The topological polar surface area (TPSA) is 94.4 Å². The zero-order valence-electron chi connectivity index (χ0n) is 23.9. The van der Waals surface area contributed by atoms with Crippen LogP contribution in [0, 0.1) is 11.6 Å². The number of carbonyl (C=O) groups excluding carboxylic acids is 1. The summed E-state index contributed by atoms with van der Waals surface area (Å²) in [5.41, 5.74) is 1.57. The first-order valence-electron chi connectivity index (χ1n) is 14.3. The van der Waals surface area contributed by atoms with Crippen LogP contribution in [-0.4, -0.2) is 62.1 Å². The average molecular weight is 577 g/mol. The number of aromatic nitrogens is 4. The molecule has 0 saturated carbocycles. The standard InChI is InChI=1S/C31H34F2N6O3/c1-31(2,3)42-30(40)38-13-12-20(18-38)35-26-17-34-16-24(36-26)29-21-15-19(28-22(32)7-6-8-23(28)33)10-11-25(21)39(37-29)27-9-4-5-14-41-27/h6-8,10-11,15-17,20,27H,4-5,9,12-14,18H2,1-3H3,(H,35,36). The van der Waals surface area contributed by atoms with Crippen LogP contribution < -0.4 is 5.32 Å². The van der Waals surface area contributed by atoms with Crippen molar-refractivity contribution >= 4 is 22.8 Å².